The van der Waals surface area contributed by atoms with Gasteiger partial charge in [0.05, 0.1) is 18.8 Å². The Hall–Kier alpha value is -3.47. The van der Waals surface area contributed by atoms with E-state index in [9.17, 15) is 23.2 Å². The Morgan fingerprint density at radius 2 is 1.83 bits per heavy atom. The van der Waals surface area contributed by atoms with Gasteiger partial charge in [-0.2, -0.15) is 0 Å². The van der Waals surface area contributed by atoms with E-state index in [4.69, 9.17) is 0 Å². The molecule has 0 fully saturated rings. The first-order valence-corrected chi connectivity index (χ1v) is 9.74. The van der Waals surface area contributed by atoms with Gasteiger partial charge in [0.25, 0.3) is 0 Å². The van der Waals surface area contributed by atoms with E-state index >= 15 is 0 Å². The van der Waals surface area contributed by atoms with E-state index in [1.165, 1.54) is 10.6 Å². The molecule has 3 N–H and O–H groups in total. The van der Waals surface area contributed by atoms with Gasteiger partial charge in [-0.3, -0.25) is 14.2 Å². The van der Waals surface area contributed by atoms with Gasteiger partial charge in [-0.1, -0.05) is 42.1 Å². The summed E-state index contributed by atoms with van der Waals surface area (Å²) in [6.07, 6.45) is 0. The van der Waals surface area contributed by atoms with Crippen molar-refractivity contribution in [2.45, 2.75) is 11.7 Å². The fourth-order valence-corrected chi connectivity index (χ4v) is 3.23. The van der Waals surface area contributed by atoms with Crippen LogP contribution >= 0.6 is 11.8 Å². The lowest BCUT2D eigenvalue weighted by Gasteiger charge is -2.08. The molecular formula is C19H17F2N5O3S. The van der Waals surface area contributed by atoms with E-state index in [2.05, 4.69) is 20.8 Å². The van der Waals surface area contributed by atoms with Crippen LogP contribution < -0.4 is 16.3 Å². The molecule has 0 saturated carbocycles. The minimum absolute atomic E-state index is 0.0719. The maximum atomic E-state index is 13.1. The van der Waals surface area contributed by atoms with Gasteiger partial charge >= 0.3 is 5.69 Å². The lowest BCUT2D eigenvalue weighted by atomic mass is 10.2. The van der Waals surface area contributed by atoms with Crippen LogP contribution in [-0.4, -0.2) is 38.9 Å². The number of rotatable bonds is 8. The molecule has 1 aromatic heterocycles. The Morgan fingerprint density at radius 3 is 2.57 bits per heavy atom. The first-order chi connectivity index (χ1) is 14.4. The quantitative estimate of drug-likeness (QED) is 0.469. The molecular weight excluding hydrogens is 416 g/mol. The molecule has 3 rings (SSSR count). The van der Waals surface area contributed by atoms with Crippen LogP contribution in [0.1, 0.15) is 5.56 Å². The summed E-state index contributed by atoms with van der Waals surface area (Å²) in [5.74, 6) is -3.24. The van der Waals surface area contributed by atoms with Gasteiger partial charge in [-0.15, -0.1) is 5.10 Å². The van der Waals surface area contributed by atoms with E-state index in [-0.39, 0.29) is 18.0 Å². The normalized spacial score (nSPS) is 10.6. The van der Waals surface area contributed by atoms with Crippen molar-refractivity contribution >= 4 is 29.3 Å². The fourth-order valence-electron chi connectivity index (χ4n) is 2.46. The number of nitrogens with one attached hydrogen (secondary N) is 3. The highest BCUT2D eigenvalue weighted by Crippen LogP contribution is 2.15. The number of halogens is 2. The highest BCUT2D eigenvalue weighted by molar-refractivity contribution is 7.99. The molecule has 1 heterocycles. The molecule has 0 radical (unpaired) electrons. The number of amides is 2. The van der Waals surface area contributed by atoms with E-state index in [0.29, 0.717) is 11.7 Å². The van der Waals surface area contributed by atoms with E-state index < -0.39 is 29.1 Å². The van der Waals surface area contributed by atoms with Crippen molar-refractivity contribution in [2.24, 2.45) is 0 Å². The monoisotopic (exact) mass is 433 g/mol. The molecule has 2 amide bonds. The van der Waals surface area contributed by atoms with Crippen LogP contribution in [0.15, 0.2) is 58.5 Å². The minimum Gasteiger partial charge on any atom is -0.346 e. The van der Waals surface area contributed by atoms with Crippen LogP contribution in [0, 0.1) is 11.6 Å². The second-order valence-electron chi connectivity index (χ2n) is 6.13. The Morgan fingerprint density at radius 1 is 1.07 bits per heavy atom. The summed E-state index contributed by atoms with van der Waals surface area (Å²) in [5, 5.41) is 11.4. The minimum atomic E-state index is -1.09. The maximum Gasteiger partial charge on any atom is 0.344 e. The molecule has 0 aliphatic carbocycles. The second kappa shape index (κ2) is 9.83. The molecule has 0 spiro atoms. The molecule has 0 aliphatic rings. The largest absolute Gasteiger partial charge is 0.346 e. The highest BCUT2D eigenvalue weighted by atomic mass is 32.2. The standard InChI is InChI=1S/C19H17F2N5O3S/c20-14-7-6-13(8-15(14)21)23-16(27)9-22-17(28)11-30-19-25-24-18(29)26(19)10-12-4-2-1-3-5-12/h1-8H,9-11H2,(H,22,28)(H,23,27)(H,24,29). The first-order valence-electron chi connectivity index (χ1n) is 8.76. The van der Waals surface area contributed by atoms with Crippen LogP contribution in [0.4, 0.5) is 14.5 Å². The van der Waals surface area contributed by atoms with Gasteiger partial charge in [0.1, 0.15) is 0 Å². The predicted molar refractivity (Wildman–Crippen MR) is 107 cm³/mol. The second-order valence-corrected chi connectivity index (χ2v) is 7.07. The maximum absolute atomic E-state index is 13.1. The van der Waals surface area contributed by atoms with Crippen LogP contribution in [0.5, 0.6) is 0 Å². The summed E-state index contributed by atoms with van der Waals surface area (Å²) in [6, 6.07) is 12.2. The fraction of sp³-hybridized carbons (Fsp3) is 0.158. The summed E-state index contributed by atoms with van der Waals surface area (Å²) in [4.78, 5) is 35.8. The molecule has 0 aliphatic heterocycles. The molecule has 8 nitrogen and oxygen atoms in total. The number of aromatic amines is 1. The summed E-state index contributed by atoms with van der Waals surface area (Å²) in [7, 11) is 0. The van der Waals surface area contributed by atoms with Crippen LogP contribution in [0.25, 0.3) is 0 Å². The number of aromatic nitrogens is 3. The van der Waals surface area contributed by atoms with Crippen molar-refractivity contribution in [3.05, 3.63) is 76.2 Å². The lowest BCUT2D eigenvalue weighted by molar-refractivity contribution is -0.122. The summed E-state index contributed by atoms with van der Waals surface area (Å²) >= 11 is 1.04. The summed E-state index contributed by atoms with van der Waals surface area (Å²) in [6.45, 7) is -0.0491. The molecule has 30 heavy (non-hydrogen) atoms. The van der Waals surface area contributed by atoms with Crippen molar-refractivity contribution in [2.75, 3.05) is 17.6 Å². The van der Waals surface area contributed by atoms with Crippen LogP contribution in [0.2, 0.25) is 0 Å². The molecule has 0 saturated heterocycles. The number of hydrogen-bond acceptors (Lipinski definition) is 5. The topological polar surface area (TPSA) is 109 Å². The van der Waals surface area contributed by atoms with Gasteiger partial charge < -0.3 is 10.6 Å². The third kappa shape index (κ3) is 5.77. The number of H-pyrrole nitrogens is 1. The number of carbonyl (C=O) groups excluding carboxylic acids is 2. The Kier molecular flexibility index (Phi) is 6.96. The van der Waals surface area contributed by atoms with Crippen molar-refractivity contribution in [1.29, 1.82) is 0 Å². The zero-order valence-corrected chi connectivity index (χ0v) is 16.3. The number of benzene rings is 2. The van der Waals surface area contributed by atoms with Gasteiger partial charge in [0.2, 0.25) is 11.8 Å². The number of thioether (sulfide) groups is 1. The lowest BCUT2D eigenvalue weighted by Crippen LogP contribution is -2.34. The zero-order valence-electron chi connectivity index (χ0n) is 15.5. The third-order valence-electron chi connectivity index (χ3n) is 3.89. The molecule has 11 heteroatoms. The Balaban J connectivity index is 1.48. The highest BCUT2D eigenvalue weighted by Gasteiger charge is 2.13. The van der Waals surface area contributed by atoms with Crippen molar-refractivity contribution < 1.29 is 18.4 Å². The number of carbonyl (C=O) groups is 2. The number of hydrogen-bond donors (Lipinski definition) is 3. The molecule has 156 valence electrons. The number of nitrogens with zero attached hydrogens (tertiary/aromatic N) is 2. The Labute approximate surface area is 173 Å². The molecule has 3 aromatic rings. The molecule has 0 unspecified atom stereocenters. The molecule has 2 aromatic carbocycles. The average Bonchev–Trinajstić information content (AvgIpc) is 3.08. The van der Waals surface area contributed by atoms with E-state index in [1.807, 2.05) is 30.3 Å². The number of anilines is 1. The van der Waals surface area contributed by atoms with Crippen molar-refractivity contribution in [1.82, 2.24) is 20.1 Å². The van der Waals surface area contributed by atoms with Crippen LogP contribution in [-0.2, 0) is 16.1 Å². The van der Waals surface area contributed by atoms with E-state index in [1.54, 1.807) is 0 Å². The van der Waals surface area contributed by atoms with Crippen molar-refractivity contribution in [3.8, 4) is 0 Å². The Bertz CT molecular complexity index is 1100. The summed E-state index contributed by atoms with van der Waals surface area (Å²) in [5.41, 5.74) is 0.581. The predicted octanol–water partition coefficient (Wildman–Crippen LogP) is 1.74. The van der Waals surface area contributed by atoms with Gasteiger partial charge in [-0.05, 0) is 17.7 Å². The zero-order chi connectivity index (χ0) is 21.5. The SMILES string of the molecule is O=C(CSc1n[nH]c(=O)n1Cc1ccccc1)NCC(=O)Nc1ccc(F)c(F)c1. The van der Waals surface area contributed by atoms with Gasteiger partial charge in [0.15, 0.2) is 16.8 Å². The summed E-state index contributed by atoms with van der Waals surface area (Å²) < 4.78 is 27.4. The molecule has 0 atom stereocenters. The van der Waals surface area contributed by atoms with Gasteiger partial charge in [0, 0.05) is 11.8 Å². The van der Waals surface area contributed by atoms with Gasteiger partial charge in [-0.25, -0.2) is 18.7 Å². The smallest absolute Gasteiger partial charge is 0.344 e. The first kappa shape index (κ1) is 21.2. The third-order valence-corrected chi connectivity index (χ3v) is 4.86. The van der Waals surface area contributed by atoms with Crippen LogP contribution in [0.3, 0.4) is 0 Å². The molecule has 0 bridgehead atoms. The average molecular weight is 433 g/mol. The van der Waals surface area contributed by atoms with E-state index in [0.717, 1.165) is 29.5 Å². The van der Waals surface area contributed by atoms with Crippen molar-refractivity contribution in [3.63, 3.8) is 0 Å².